The highest BCUT2D eigenvalue weighted by molar-refractivity contribution is 7.15. The van der Waals surface area contributed by atoms with Crippen LogP contribution in [0.4, 0.5) is 4.79 Å². The fourth-order valence-electron chi connectivity index (χ4n) is 4.43. The first-order chi connectivity index (χ1) is 15.7. The number of nitrogens with one attached hydrogen (secondary N) is 1. The third kappa shape index (κ3) is 5.84. The lowest BCUT2D eigenvalue weighted by atomic mass is 9.99. The molecule has 2 aliphatic rings. The van der Waals surface area contributed by atoms with Crippen molar-refractivity contribution in [2.24, 2.45) is 11.7 Å². The summed E-state index contributed by atoms with van der Waals surface area (Å²) in [6.45, 7) is 2.00. The molecule has 180 valence electrons. The summed E-state index contributed by atoms with van der Waals surface area (Å²) >= 11 is 14.9. The van der Waals surface area contributed by atoms with Gasteiger partial charge in [0.25, 0.3) is 0 Å². The minimum Gasteiger partial charge on any atom is -0.374 e. The number of halogens is 2. The summed E-state index contributed by atoms with van der Waals surface area (Å²) in [5.41, 5.74) is 7.22. The maximum Gasteiger partial charge on any atom is 0.317 e. The zero-order valence-electron chi connectivity index (χ0n) is 19.1. The third-order valence-corrected chi connectivity index (χ3v) is 8.88. The van der Waals surface area contributed by atoms with Crippen LogP contribution in [0.2, 0.25) is 10.0 Å². The summed E-state index contributed by atoms with van der Waals surface area (Å²) < 4.78 is 0. The maximum absolute atomic E-state index is 13.2. The second-order valence-corrected chi connectivity index (χ2v) is 11.2. The Morgan fingerprint density at radius 3 is 2.52 bits per heavy atom. The van der Waals surface area contributed by atoms with Crippen molar-refractivity contribution < 1.29 is 9.90 Å². The van der Waals surface area contributed by atoms with Gasteiger partial charge in [0, 0.05) is 28.4 Å². The molecular formula is C24H32Cl2N4O2S. The average molecular weight is 512 g/mol. The quantitative estimate of drug-likeness (QED) is 0.444. The normalized spacial score (nSPS) is 19.3. The maximum atomic E-state index is 13.2. The van der Waals surface area contributed by atoms with Crippen LogP contribution in [0.1, 0.15) is 54.8 Å². The van der Waals surface area contributed by atoms with Crippen LogP contribution in [0.25, 0.3) is 10.4 Å². The lowest BCUT2D eigenvalue weighted by Crippen LogP contribution is -2.48. The molecule has 1 aliphatic heterocycles. The number of nitrogens with zero attached hydrogens (tertiary/aromatic N) is 2. The fourth-order valence-corrected chi connectivity index (χ4v) is 5.98. The minimum atomic E-state index is -1.02. The van der Waals surface area contributed by atoms with Gasteiger partial charge in [-0.3, -0.25) is 0 Å². The van der Waals surface area contributed by atoms with Crippen LogP contribution in [-0.2, 0) is 0 Å². The zero-order chi connectivity index (χ0) is 23.7. The molecule has 33 heavy (non-hydrogen) atoms. The molecule has 4 rings (SSSR count). The molecule has 2 atom stereocenters. The number of amides is 2. The monoisotopic (exact) mass is 510 g/mol. The van der Waals surface area contributed by atoms with Gasteiger partial charge in [-0.25, -0.2) is 4.79 Å². The van der Waals surface area contributed by atoms with Crippen molar-refractivity contribution in [1.29, 1.82) is 0 Å². The van der Waals surface area contributed by atoms with Crippen LogP contribution in [0.5, 0.6) is 0 Å². The van der Waals surface area contributed by atoms with Gasteiger partial charge in [0.15, 0.2) is 0 Å². The number of aliphatic hydroxyl groups is 1. The van der Waals surface area contributed by atoms with Crippen molar-refractivity contribution >= 4 is 40.6 Å². The summed E-state index contributed by atoms with van der Waals surface area (Å²) in [5, 5.41) is 13.8. The molecule has 2 aromatic rings. The second-order valence-electron chi connectivity index (χ2n) is 9.30. The number of aliphatic hydroxyl groups excluding tert-OH is 1. The van der Waals surface area contributed by atoms with Crippen LogP contribution in [0.3, 0.4) is 0 Å². The number of rotatable bonds is 7. The molecule has 0 spiro atoms. The molecule has 9 heteroatoms. The van der Waals surface area contributed by atoms with Gasteiger partial charge in [-0.15, -0.1) is 11.3 Å². The molecule has 1 aliphatic carbocycles. The van der Waals surface area contributed by atoms with E-state index in [-0.39, 0.29) is 18.1 Å². The lowest BCUT2D eigenvalue weighted by molar-refractivity contribution is 0.145. The molecule has 4 N–H and O–H groups in total. The molecule has 0 radical (unpaired) electrons. The van der Waals surface area contributed by atoms with E-state index >= 15 is 0 Å². The average Bonchev–Trinajstić information content (AvgIpc) is 3.47. The Morgan fingerprint density at radius 1 is 1.21 bits per heavy atom. The number of nitrogens with two attached hydrogens (primary N) is 1. The van der Waals surface area contributed by atoms with Crippen LogP contribution < -0.4 is 11.1 Å². The predicted molar refractivity (Wildman–Crippen MR) is 136 cm³/mol. The summed E-state index contributed by atoms with van der Waals surface area (Å²) in [6.07, 6.45) is 4.16. The third-order valence-electron chi connectivity index (χ3n) is 6.79. The van der Waals surface area contributed by atoms with Crippen LogP contribution in [0, 0.1) is 5.92 Å². The van der Waals surface area contributed by atoms with E-state index < -0.39 is 6.23 Å². The van der Waals surface area contributed by atoms with E-state index in [4.69, 9.17) is 28.9 Å². The lowest BCUT2D eigenvalue weighted by Gasteiger charge is -2.36. The number of carbonyl (C=O) groups is 1. The van der Waals surface area contributed by atoms with E-state index in [9.17, 15) is 9.90 Å². The van der Waals surface area contributed by atoms with Crippen molar-refractivity contribution in [3.8, 4) is 10.4 Å². The van der Waals surface area contributed by atoms with E-state index in [0.717, 1.165) is 48.4 Å². The minimum absolute atomic E-state index is 0.0636. The zero-order valence-corrected chi connectivity index (χ0v) is 21.4. The van der Waals surface area contributed by atoms with E-state index in [1.165, 1.54) is 24.2 Å². The van der Waals surface area contributed by atoms with E-state index in [0.29, 0.717) is 20.8 Å². The SMILES string of the molecule is CN1CCC(N(C)C(=O)NC(CC2CC2)c2ccc(-c3ccc(C(N)O)s3)c(Cl)c2Cl)CC1. The summed E-state index contributed by atoms with van der Waals surface area (Å²) in [4.78, 5) is 18.8. The Labute approximate surface area is 209 Å². The number of thiophene rings is 1. The molecule has 1 saturated carbocycles. The number of carbonyl (C=O) groups excluding carboxylic acids is 1. The predicted octanol–water partition coefficient (Wildman–Crippen LogP) is 5.25. The standard InChI is InChI=1S/C24H32Cl2N4O2S/c1-29-11-9-15(10-12-29)30(2)24(32)28-18(13-14-3-4-14)16-5-6-17(22(26)21(16)25)19-7-8-20(33-19)23(27)31/h5-8,14-15,18,23,31H,3-4,9-13,27H2,1-2H3,(H,28,32). The van der Waals surface area contributed by atoms with Gasteiger partial charge >= 0.3 is 6.03 Å². The molecule has 6 nitrogen and oxygen atoms in total. The van der Waals surface area contributed by atoms with E-state index in [1.807, 2.05) is 30.1 Å². The van der Waals surface area contributed by atoms with Gasteiger partial charge in [-0.1, -0.05) is 48.2 Å². The number of urea groups is 1. The molecule has 1 aromatic carbocycles. The molecule has 1 aromatic heterocycles. The largest absolute Gasteiger partial charge is 0.374 e. The van der Waals surface area contributed by atoms with Gasteiger partial charge < -0.3 is 26.0 Å². The Bertz CT molecular complexity index is 987. The smallest absolute Gasteiger partial charge is 0.317 e. The highest BCUT2D eigenvalue weighted by Crippen LogP contribution is 2.44. The second kappa shape index (κ2) is 10.5. The molecule has 2 fully saturated rings. The fraction of sp³-hybridized carbons (Fsp3) is 0.542. The van der Waals surface area contributed by atoms with E-state index in [2.05, 4.69) is 17.3 Å². The van der Waals surface area contributed by atoms with Gasteiger partial charge in [0.1, 0.15) is 6.23 Å². The molecular weight excluding hydrogens is 479 g/mol. The Balaban J connectivity index is 1.54. The highest BCUT2D eigenvalue weighted by Gasteiger charge is 2.31. The topological polar surface area (TPSA) is 81.8 Å². The highest BCUT2D eigenvalue weighted by atomic mass is 35.5. The Morgan fingerprint density at radius 2 is 1.91 bits per heavy atom. The van der Waals surface area contributed by atoms with Crippen LogP contribution >= 0.6 is 34.5 Å². The van der Waals surface area contributed by atoms with Crippen LogP contribution in [0.15, 0.2) is 24.3 Å². The van der Waals surface area contributed by atoms with E-state index in [1.54, 1.807) is 6.07 Å². The molecule has 2 heterocycles. The van der Waals surface area contributed by atoms with Crippen molar-refractivity contribution in [3.05, 3.63) is 44.8 Å². The van der Waals surface area contributed by atoms with Gasteiger partial charge in [-0.2, -0.15) is 0 Å². The number of likely N-dealkylation sites (tertiary alicyclic amines) is 1. The summed E-state index contributed by atoms with van der Waals surface area (Å²) in [7, 11) is 4.00. The first-order valence-electron chi connectivity index (χ1n) is 11.5. The van der Waals surface area contributed by atoms with Gasteiger partial charge in [-0.05, 0) is 63.0 Å². The molecule has 2 unspecified atom stereocenters. The molecule has 1 saturated heterocycles. The number of hydrogen-bond acceptors (Lipinski definition) is 5. The molecule has 0 bridgehead atoms. The van der Waals surface area contributed by atoms with Crippen molar-refractivity contribution in [1.82, 2.24) is 15.1 Å². The Hall–Kier alpha value is -1.35. The number of benzene rings is 1. The number of piperidine rings is 1. The number of hydrogen-bond donors (Lipinski definition) is 3. The van der Waals surface area contributed by atoms with Crippen LogP contribution in [-0.4, -0.2) is 54.2 Å². The Kier molecular flexibility index (Phi) is 7.88. The first-order valence-corrected chi connectivity index (χ1v) is 13.0. The summed E-state index contributed by atoms with van der Waals surface area (Å²) in [6, 6.07) is 7.56. The van der Waals surface area contributed by atoms with Gasteiger partial charge in [0.2, 0.25) is 0 Å². The molecule has 2 amide bonds. The van der Waals surface area contributed by atoms with Crippen molar-refractivity contribution in [3.63, 3.8) is 0 Å². The first kappa shape index (κ1) is 24.8. The van der Waals surface area contributed by atoms with Gasteiger partial charge in [0.05, 0.1) is 16.1 Å². The summed E-state index contributed by atoms with van der Waals surface area (Å²) in [5.74, 6) is 0.601. The van der Waals surface area contributed by atoms with Crippen molar-refractivity contribution in [2.45, 2.75) is 50.4 Å². The van der Waals surface area contributed by atoms with Crippen molar-refractivity contribution in [2.75, 3.05) is 27.2 Å².